The molecule has 6 nitrogen and oxygen atoms in total. The van der Waals surface area contributed by atoms with Gasteiger partial charge in [0.1, 0.15) is 0 Å². The molecule has 0 radical (unpaired) electrons. The molecule has 21 heavy (non-hydrogen) atoms. The molecule has 0 aromatic carbocycles. The van der Waals surface area contributed by atoms with Crippen molar-refractivity contribution in [1.82, 2.24) is 20.3 Å². The second kappa shape index (κ2) is 6.25. The molecule has 0 unspecified atom stereocenters. The average Bonchev–Trinajstić information content (AvgIpc) is 3.07. The Kier molecular flexibility index (Phi) is 4.37. The molecule has 0 aliphatic carbocycles. The van der Waals surface area contributed by atoms with E-state index >= 15 is 0 Å². The van der Waals surface area contributed by atoms with Crippen molar-refractivity contribution in [3.63, 3.8) is 0 Å². The number of carboxylic acid groups (broad SMARTS) is 1. The predicted molar refractivity (Wildman–Crippen MR) is 82.9 cm³/mol. The molecule has 0 atom stereocenters. The standard InChI is InChI=1S/C13H15BrN4O2S/c14-10-5-8(7-21-10)6-18-12(9-1-3-15-4-2-9)11(13(19)20)16-17-18/h5,7,9,15H,1-4,6H2,(H,19,20). The maximum atomic E-state index is 11.4. The lowest BCUT2D eigenvalue weighted by Crippen LogP contribution is -2.28. The first-order valence-corrected chi connectivity index (χ1v) is 8.42. The normalized spacial score (nSPS) is 16.2. The van der Waals surface area contributed by atoms with Gasteiger partial charge in [-0.25, -0.2) is 9.48 Å². The van der Waals surface area contributed by atoms with E-state index in [1.807, 2.05) is 11.4 Å². The Balaban J connectivity index is 1.93. The fourth-order valence-corrected chi connectivity index (χ4v) is 3.89. The van der Waals surface area contributed by atoms with Crippen molar-refractivity contribution in [2.45, 2.75) is 25.3 Å². The first-order valence-electron chi connectivity index (χ1n) is 6.75. The molecule has 2 aromatic heterocycles. The predicted octanol–water partition coefficient (Wildman–Crippen LogP) is 2.32. The molecule has 0 bridgehead atoms. The molecule has 3 heterocycles. The topological polar surface area (TPSA) is 80.0 Å². The summed E-state index contributed by atoms with van der Waals surface area (Å²) in [5.74, 6) is -0.796. The molecule has 1 fully saturated rings. The monoisotopic (exact) mass is 370 g/mol. The fourth-order valence-electron chi connectivity index (χ4n) is 2.69. The zero-order valence-electron chi connectivity index (χ0n) is 11.3. The molecule has 3 rings (SSSR count). The highest BCUT2D eigenvalue weighted by Gasteiger charge is 2.27. The number of hydrogen-bond donors (Lipinski definition) is 2. The number of hydrogen-bond acceptors (Lipinski definition) is 5. The van der Waals surface area contributed by atoms with Gasteiger partial charge in [0.2, 0.25) is 0 Å². The van der Waals surface area contributed by atoms with Crippen LogP contribution in [0.1, 0.15) is 40.5 Å². The summed E-state index contributed by atoms with van der Waals surface area (Å²) in [6.45, 7) is 2.36. The second-order valence-corrected chi connectivity index (χ2v) is 7.36. The molecule has 2 N–H and O–H groups in total. The van der Waals surface area contributed by atoms with Crippen LogP contribution in [0.3, 0.4) is 0 Å². The molecule has 0 saturated carbocycles. The van der Waals surface area contributed by atoms with Crippen LogP contribution in [0.5, 0.6) is 0 Å². The van der Waals surface area contributed by atoms with Crippen LogP contribution in [0.15, 0.2) is 15.2 Å². The van der Waals surface area contributed by atoms with Gasteiger partial charge in [-0.1, -0.05) is 5.21 Å². The van der Waals surface area contributed by atoms with Gasteiger partial charge >= 0.3 is 5.97 Å². The van der Waals surface area contributed by atoms with E-state index in [-0.39, 0.29) is 11.6 Å². The Morgan fingerprint density at radius 2 is 2.29 bits per heavy atom. The maximum absolute atomic E-state index is 11.4. The summed E-state index contributed by atoms with van der Waals surface area (Å²) in [6, 6.07) is 2.03. The van der Waals surface area contributed by atoms with Crippen molar-refractivity contribution in [2.24, 2.45) is 0 Å². The van der Waals surface area contributed by atoms with E-state index in [1.54, 1.807) is 16.0 Å². The number of carboxylic acids is 1. The third-order valence-corrected chi connectivity index (χ3v) is 5.21. The molecule has 1 aliphatic heterocycles. The molecule has 0 spiro atoms. The summed E-state index contributed by atoms with van der Waals surface area (Å²) in [6.07, 6.45) is 1.84. The van der Waals surface area contributed by atoms with E-state index in [2.05, 4.69) is 31.6 Å². The lowest BCUT2D eigenvalue weighted by Gasteiger charge is -2.23. The van der Waals surface area contributed by atoms with Crippen LogP contribution in [0.2, 0.25) is 0 Å². The maximum Gasteiger partial charge on any atom is 0.358 e. The average molecular weight is 371 g/mol. The second-order valence-electron chi connectivity index (χ2n) is 5.07. The SMILES string of the molecule is O=C(O)c1nnn(Cc2csc(Br)c2)c1C1CCNCC1. The number of halogens is 1. The largest absolute Gasteiger partial charge is 0.476 e. The lowest BCUT2D eigenvalue weighted by atomic mass is 9.93. The van der Waals surface area contributed by atoms with Crippen LogP contribution >= 0.6 is 27.3 Å². The van der Waals surface area contributed by atoms with Crippen molar-refractivity contribution in [3.05, 3.63) is 32.2 Å². The van der Waals surface area contributed by atoms with E-state index in [1.165, 1.54) is 0 Å². The van der Waals surface area contributed by atoms with Crippen molar-refractivity contribution in [1.29, 1.82) is 0 Å². The number of rotatable bonds is 4. The quantitative estimate of drug-likeness (QED) is 0.862. The van der Waals surface area contributed by atoms with Gasteiger partial charge in [0.05, 0.1) is 16.0 Å². The number of carbonyl (C=O) groups is 1. The van der Waals surface area contributed by atoms with E-state index < -0.39 is 5.97 Å². The van der Waals surface area contributed by atoms with Gasteiger partial charge in [0.15, 0.2) is 5.69 Å². The Bertz CT molecular complexity index is 648. The Morgan fingerprint density at radius 1 is 1.52 bits per heavy atom. The van der Waals surface area contributed by atoms with Gasteiger partial charge in [0.25, 0.3) is 0 Å². The van der Waals surface area contributed by atoms with Crippen molar-refractivity contribution in [2.75, 3.05) is 13.1 Å². The number of thiophene rings is 1. The van der Waals surface area contributed by atoms with Gasteiger partial charge in [0, 0.05) is 5.92 Å². The van der Waals surface area contributed by atoms with Gasteiger partial charge in [-0.15, -0.1) is 16.4 Å². The van der Waals surface area contributed by atoms with Crippen LogP contribution < -0.4 is 5.32 Å². The highest BCUT2D eigenvalue weighted by atomic mass is 79.9. The van der Waals surface area contributed by atoms with Crippen LogP contribution in [0.4, 0.5) is 0 Å². The number of nitrogens with one attached hydrogen (secondary N) is 1. The minimum atomic E-state index is -0.999. The summed E-state index contributed by atoms with van der Waals surface area (Å²) in [7, 11) is 0. The Labute approximate surface area is 134 Å². The van der Waals surface area contributed by atoms with E-state index in [0.29, 0.717) is 6.54 Å². The number of aromatic carboxylic acids is 1. The third kappa shape index (κ3) is 3.17. The molecule has 1 saturated heterocycles. The highest BCUT2D eigenvalue weighted by molar-refractivity contribution is 9.11. The molecule has 112 valence electrons. The lowest BCUT2D eigenvalue weighted by molar-refractivity contribution is 0.0688. The smallest absolute Gasteiger partial charge is 0.358 e. The molecule has 0 amide bonds. The van der Waals surface area contributed by atoms with Gasteiger partial charge < -0.3 is 10.4 Å². The van der Waals surface area contributed by atoms with Crippen molar-refractivity contribution < 1.29 is 9.90 Å². The highest BCUT2D eigenvalue weighted by Crippen LogP contribution is 2.28. The third-order valence-electron chi connectivity index (χ3n) is 3.66. The first kappa shape index (κ1) is 14.7. The van der Waals surface area contributed by atoms with Crippen LogP contribution in [-0.2, 0) is 6.54 Å². The first-order chi connectivity index (χ1) is 10.1. The number of nitrogens with zero attached hydrogens (tertiary/aromatic N) is 3. The number of aromatic nitrogens is 3. The van der Waals surface area contributed by atoms with Gasteiger partial charge in [-0.2, -0.15) is 0 Å². The van der Waals surface area contributed by atoms with Crippen molar-refractivity contribution in [3.8, 4) is 0 Å². The summed E-state index contributed by atoms with van der Waals surface area (Å²) in [5, 5.41) is 22.6. The summed E-state index contributed by atoms with van der Waals surface area (Å²) >= 11 is 5.05. The minimum absolute atomic E-state index is 0.0937. The zero-order chi connectivity index (χ0) is 14.8. The number of piperidine rings is 1. The van der Waals surface area contributed by atoms with Crippen molar-refractivity contribution >= 4 is 33.2 Å². The fraction of sp³-hybridized carbons (Fsp3) is 0.462. The zero-order valence-corrected chi connectivity index (χ0v) is 13.7. The van der Waals surface area contributed by atoms with Crippen LogP contribution in [-0.4, -0.2) is 39.2 Å². The van der Waals surface area contributed by atoms with E-state index in [4.69, 9.17) is 0 Å². The van der Waals surface area contributed by atoms with Crippen LogP contribution in [0, 0.1) is 0 Å². The van der Waals surface area contributed by atoms with Gasteiger partial charge in [-0.05, 0) is 58.9 Å². The molecule has 1 aliphatic rings. The van der Waals surface area contributed by atoms with Crippen LogP contribution in [0.25, 0.3) is 0 Å². The Morgan fingerprint density at radius 3 is 2.90 bits per heavy atom. The summed E-state index contributed by atoms with van der Waals surface area (Å²) in [4.78, 5) is 11.4. The summed E-state index contributed by atoms with van der Waals surface area (Å²) < 4.78 is 2.80. The van der Waals surface area contributed by atoms with E-state index in [9.17, 15) is 9.90 Å². The molecular formula is C13H15BrN4O2S. The van der Waals surface area contributed by atoms with Gasteiger partial charge in [-0.3, -0.25) is 0 Å². The minimum Gasteiger partial charge on any atom is -0.476 e. The molecule has 8 heteroatoms. The molecular weight excluding hydrogens is 356 g/mol. The molecule has 2 aromatic rings. The Hall–Kier alpha value is -1.25. The summed E-state index contributed by atoms with van der Waals surface area (Å²) in [5.41, 5.74) is 1.95. The van der Waals surface area contributed by atoms with E-state index in [0.717, 1.165) is 41.0 Å².